The standard InChI is InChI=1S/C15H30N2/c1-4-15(7-8-16-11-15)12-17-9-5-14(6-10-17)13(2)3/h13-14,16H,4-12H2,1-3H3. The first-order valence-corrected chi connectivity index (χ1v) is 7.58. The number of nitrogens with zero attached hydrogens (tertiary/aromatic N) is 1. The molecule has 1 unspecified atom stereocenters. The monoisotopic (exact) mass is 238 g/mol. The summed E-state index contributed by atoms with van der Waals surface area (Å²) in [7, 11) is 0. The third-order valence-corrected chi connectivity index (χ3v) is 5.22. The maximum Gasteiger partial charge on any atom is 0.00505 e. The number of piperidine rings is 1. The molecule has 0 amide bonds. The van der Waals surface area contributed by atoms with E-state index in [1.54, 1.807) is 0 Å². The third kappa shape index (κ3) is 3.23. The van der Waals surface area contributed by atoms with Gasteiger partial charge in [-0.3, -0.25) is 0 Å². The normalized spacial score (nSPS) is 32.5. The Morgan fingerprint density at radius 3 is 2.47 bits per heavy atom. The van der Waals surface area contributed by atoms with Crippen molar-refractivity contribution in [2.45, 2.75) is 46.5 Å². The zero-order valence-electron chi connectivity index (χ0n) is 12.0. The highest BCUT2D eigenvalue weighted by Crippen LogP contribution is 2.32. The van der Waals surface area contributed by atoms with Crippen LogP contribution in [0.5, 0.6) is 0 Å². The van der Waals surface area contributed by atoms with E-state index in [-0.39, 0.29) is 0 Å². The Morgan fingerprint density at radius 1 is 1.29 bits per heavy atom. The van der Waals surface area contributed by atoms with E-state index in [4.69, 9.17) is 0 Å². The van der Waals surface area contributed by atoms with Gasteiger partial charge in [-0.05, 0) is 62.6 Å². The minimum Gasteiger partial charge on any atom is -0.316 e. The minimum absolute atomic E-state index is 0.588. The van der Waals surface area contributed by atoms with E-state index in [1.807, 2.05) is 0 Å². The number of likely N-dealkylation sites (tertiary alicyclic amines) is 1. The second-order valence-electron chi connectivity index (χ2n) is 6.64. The van der Waals surface area contributed by atoms with Crippen LogP contribution in [0.15, 0.2) is 0 Å². The van der Waals surface area contributed by atoms with E-state index >= 15 is 0 Å². The molecule has 2 rings (SSSR count). The van der Waals surface area contributed by atoms with Gasteiger partial charge in [0.25, 0.3) is 0 Å². The van der Waals surface area contributed by atoms with Crippen molar-refractivity contribution in [3.63, 3.8) is 0 Å². The molecule has 0 aliphatic carbocycles. The highest BCUT2D eigenvalue weighted by molar-refractivity contribution is 4.90. The Labute approximate surface area is 107 Å². The van der Waals surface area contributed by atoms with E-state index in [2.05, 4.69) is 31.0 Å². The summed E-state index contributed by atoms with van der Waals surface area (Å²) in [5.74, 6) is 1.86. The number of hydrogen-bond acceptors (Lipinski definition) is 2. The van der Waals surface area contributed by atoms with Gasteiger partial charge in [0.15, 0.2) is 0 Å². The molecule has 2 heterocycles. The molecule has 0 aromatic carbocycles. The molecule has 0 radical (unpaired) electrons. The van der Waals surface area contributed by atoms with Crippen molar-refractivity contribution in [2.75, 3.05) is 32.7 Å². The van der Waals surface area contributed by atoms with Gasteiger partial charge in [0.2, 0.25) is 0 Å². The van der Waals surface area contributed by atoms with Crippen LogP contribution in [0.3, 0.4) is 0 Å². The van der Waals surface area contributed by atoms with Crippen LogP contribution in [0.25, 0.3) is 0 Å². The lowest BCUT2D eigenvalue weighted by atomic mass is 9.81. The molecule has 2 aliphatic rings. The van der Waals surface area contributed by atoms with Gasteiger partial charge < -0.3 is 10.2 Å². The molecule has 0 saturated carbocycles. The molecular formula is C15H30N2. The van der Waals surface area contributed by atoms with E-state index in [0.717, 1.165) is 11.8 Å². The fourth-order valence-corrected chi connectivity index (χ4v) is 3.60. The average Bonchev–Trinajstić information content (AvgIpc) is 2.79. The van der Waals surface area contributed by atoms with Gasteiger partial charge in [0.1, 0.15) is 0 Å². The van der Waals surface area contributed by atoms with Gasteiger partial charge in [-0.2, -0.15) is 0 Å². The summed E-state index contributed by atoms with van der Waals surface area (Å²) in [6.45, 7) is 13.6. The molecule has 2 nitrogen and oxygen atoms in total. The fraction of sp³-hybridized carbons (Fsp3) is 1.00. The molecule has 2 saturated heterocycles. The lowest BCUT2D eigenvalue weighted by Gasteiger charge is -2.39. The van der Waals surface area contributed by atoms with E-state index in [9.17, 15) is 0 Å². The molecule has 1 N–H and O–H groups in total. The van der Waals surface area contributed by atoms with E-state index < -0.39 is 0 Å². The van der Waals surface area contributed by atoms with Gasteiger partial charge in [-0.25, -0.2) is 0 Å². The number of hydrogen-bond donors (Lipinski definition) is 1. The van der Waals surface area contributed by atoms with Crippen LogP contribution in [0.4, 0.5) is 0 Å². The van der Waals surface area contributed by atoms with Crippen LogP contribution in [0.2, 0.25) is 0 Å². The largest absolute Gasteiger partial charge is 0.316 e. The van der Waals surface area contributed by atoms with Crippen LogP contribution in [0, 0.1) is 17.3 Å². The molecule has 17 heavy (non-hydrogen) atoms. The summed E-state index contributed by atoms with van der Waals surface area (Å²) in [4.78, 5) is 2.73. The van der Waals surface area contributed by atoms with Gasteiger partial charge >= 0.3 is 0 Å². The van der Waals surface area contributed by atoms with Crippen molar-refractivity contribution in [1.82, 2.24) is 10.2 Å². The molecule has 0 bridgehead atoms. The zero-order valence-corrected chi connectivity index (χ0v) is 12.0. The SMILES string of the molecule is CCC1(CN2CCC(C(C)C)CC2)CCNC1. The maximum absolute atomic E-state index is 3.55. The molecule has 1 atom stereocenters. The van der Waals surface area contributed by atoms with Crippen molar-refractivity contribution in [3.05, 3.63) is 0 Å². The minimum atomic E-state index is 0.588. The number of rotatable bonds is 4. The predicted molar refractivity (Wildman–Crippen MR) is 74.2 cm³/mol. The first kappa shape index (κ1) is 13.4. The molecule has 0 aromatic heterocycles. The molecule has 2 heteroatoms. The smallest absolute Gasteiger partial charge is 0.00505 e. The van der Waals surface area contributed by atoms with Crippen LogP contribution < -0.4 is 5.32 Å². The molecule has 2 fully saturated rings. The van der Waals surface area contributed by atoms with Crippen molar-refractivity contribution in [2.24, 2.45) is 17.3 Å². The van der Waals surface area contributed by atoms with E-state index in [1.165, 1.54) is 58.4 Å². The topological polar surface area (TPSA) is 15.3 Å². The lowest BCUT2D eigenvalue weighted by Crippen LogP contribution is -2.43. The van der Waals surface area contributed by atoms with Gasteiger partial charge in [0.05, 0.1) is 0 Å². The third-order valence-electron chi connectivity index (χ3n) is 5.22. The number of nitrogens with one attached hydrogen (secondary N) is 1. The summed E-state index contributed by atoms with van der Waals surface area (Å²) in [5, 5.41) is 3.55. The van der Waals surface area contributed by atoms with E-state index in [0.29, 0.717) is 5.41 Å². The molecule has 0 spiro atoms. The van der Waals surface area contributed by atoms with Crippen molar-refractivity contribution < 1.29 is 0 Å². The second kappa shape index (κ2) is 5.71. The Morgan fingerprint density at radius 2 is 2.00 bits per heavy atom. The van der Waals surface area contributed by atoms with Crippen molar-refractivity contribution >= 4 is 0 Å². The van der Waals surface area contributed by atoms with Crippen LogP contribution in [0.1, 0.15) is 46.5 Å². The Hall–Kier alpha value is -0.0800. The van der Waals surface area contributed by atoms with Gasteiger partial charge in [0, 0.05) is 13.1 Å². The fourth-order valence-electron chi connectivity index (χ4n) is 3.60. The lowest BCUT2D eigenvalue weighted by molar-refractivity contribution is 0.103. The summed E-state index contributed by atoms with van der Waals surface area (Å²) in [5.41, 5.74) is 0.588. The molecule has 2 aliphatic heterocycles. The molecular weight excluding hydrogens is 208 g/mol. The predicted octanol–water partition coefficient (Wildman–Crippen LogP) is 2.74. The quantitative estimate of drug-likeness (QED) is 0.810. The summed E-state index contributed by atoms with van der Waals surface area (Å²) >= 11 is 0. The average molecular weight is 238 g/mol. The molecule has 100 valence electrons. The van der Waals surface area contributed by atoms with Crippen LogP contribution >= 0.6 is 0 Å². The van der Waals surface area contributed by atoms with Crippen molar-refractivity contribution in [3.8, 4) is 0 Å². The Balaban J connectivity index is 1.81. The summed E-state index contributed by atoms with van der Waals surface area (Å²) in [6.07, 6.45) is 5.56. The first-order valence-electron chi connectivity index (χ1n) is 7.58. The van der Waals surface area contributed by atoms with Gasteiger partial charge in [-0.15, -0.1) is 0 Å². The molecule has 0 aromatic rings. The second-order valence-corrected chi connectivity index (χ2v) is 6.64. The Kier molecular flexibility index (Phi) is 4.48. The van der Waals surface area contributed by atoms with Gasteiger partial charge in [-0.1, -0.05) is 20.8 Å². The summed E-state index contributed by atoms with van der Waals surface area (Å²) < 4.78 is 0. The first-order chi connectivity index (χ1) is 8.15. The highest BCUT2D eigenvalue weighted by atomic mass is 15.1. The van der Waals surface area contributed by atoms with Crippen molar-refractivity contribution in [1.29, 1.82) is 0 Å². The Bertz CT molecular complexity index is 223. The van der Waals surface area contributed by atoms with Crippen LogP contribution in [-0.2, 0) is 0 Å². The zero-order chi connectivity index (χ0) is 12.3. The maximum atomic E-state index is 3.55. The summed E-state index contributed by atoms with van der Waals surface area (Å²) in [6, 6.07) is 0. The van der Waals surface area contributed by atoms with Crippen LogP contribution in [-0.4, -0.2) is 37.6 Å². The highest BCUT2D eigenvalue weighted by Gasteiger charge is 2.34.